The van der Waals surface area contributed by atoms with Crippen LogP contribution in [0.1, 0.15) is 31.7 Å². The van der Waals surface area contributed by atoms with Crippen molar-refractivity contribution >= 4 is 21.8 Å². The van der Waals surface area contributed by atoms with Crippen LogP contribution in [0.4, 0.5) is 4.39 Å². The van der Waals surface area contributed by atoms with Crippen LogP contribution >= 0.6 is 15.9 Å². The lowest BCUT2D eigenvalue weighted by Crippen LogP contribution is -2.45. The molecule has 1 saturated heterocycles. The summed E-state index contributed by atoms with van der Waals surface area (Å²) in [5.74, 6) is 0.130. The van der Waals surface area contributed by atoms with E-state index in [1.807, 2.05) is 31.2 Å². The van der Waals surface area contributed by atoms with Crippen molar-refractivity contribution in [1.82, 2.24) is 4.90 Å². The molecule has 0 radical (unpaired) electrons. The van der Waals surface area contributed by atoms with Crippen LogP contribution in [0.25, 0.3) is 0 Å². The maximum Gasteiger partial charge on any atom is 0.222 e. The number of piperidine rings is 1. The highest BCUT2D eigenvalue weighted by molar-refractivity contribution is 9.10. The summed E-state index contributed by atoms with van der Waals surface area (Å²) in [4.78, 5) is 13.3. The molecule has 1 heterocycles. The summed E-state index contributed by atoms with van der Waals surface area (Å²) in [6, 6.07) is 7.78. The molecule has 0 unspecified atom stereocenters. The van der Waals surface area contributed by atoms with Crippen molar-refractivity contribution in [3.05, 3.63) is 34.3 Å². The van der Waals surface area contributed by atoms with Crippen molar-refractivity contribution in [1.29, 1.82) is 0 Å². The van der Waals surface area contributed by atoms with Crippen molar-refractivity contribution < 1.29 is 9.18 Å². The minimum Gasteiger partial charge on any atom is -0.342 e. The first-order chi connectivity index (χ1) is 9.02. The summed E-state index contributed by atoms with van der Waals surface area (Å²) in [7, 11) is 0. The third-order valence-electron chi connectivity index (χ3n) is 3.75. The highest BCUT2D eigenvalue weighted by Crippen LogP contribution is 2.31. The van der Waals surface area contributed by atoms with Crippen molar-refractivity contribution in [3.63, 3.8) is 0 Å². The quantitative estimate of drug-likeness (QED) is 0.828. The average molecular weight is 328 g/mol. The van der Waals surface area contributed by atoms with E-state index in [4.69, 9.17) is 0 Å². The number of alkyl halides is 1. The average Bonchev–Trinajstić information content (AvgIpc) is 2.41. The predicted octanol–water partition coefficient (Wildman–Crippen LogP) is 3.73. The molecule has 1 aliphatic heterocycles. The smallest absolute Gasteiger partial charge is 0.222 e. The minimum atomic E-state index is -1.17. The van der Waals surface area contributed by atoms with Gasteiger partial charge in [0, 0.05) is 30.4 Å². The SMILES string of the molecule is CCC(=O)N1CCC(F)(Cc2ccc(Br)cc2)CC1. The van der Waals surface area contributed by atoms with Crippen LogP contribution in [0.3, 0.4) is 0 Å². The lowest BCUT2D eigenvalue weighted by Gasteiger charge is -2.36. The Labute approximate surface area is 122 Å². The Morgan fingerprint density at radius 1 is 1.32 bits per heavy atom. The van der Waals surface area contributed by atoms with E-state index in [1.54, 1.807) is 4.90 Å². The number of rotatable bonds is 3. The first-order valence-corrected chi connectivity index (χ1v) is 7.53. The fourth-order valence-corrected chi connectivity index (χ4v) is 2.79. The van der Waals surface area contributed by atoms with Crippen LogP contribution in [-0.2, 0) is 11.2 Å². The zero-order chi connectivity index (χ0) is 13.9. The second-order valence-corrected chi connectivity index (χ2v) is 6.10. The Kier molecular flexibility index (Phi) is 4.61. The molecule has 0 aliphatic carbocycles. The first-order valence-electron chi connectivity index (χ1n) is 6.73. The molecule has 0 N–H and O–H groups in total. The van der Waals surface area contributed by atoms with Crippen molar-refractivity contribution in [2.24, 2.45) is 0 Å². The fraction of sp³-hybridized carbons (Fsp3) is 0.533. The topological polar surface area (TPSA) is 20.3 Å². The molecular weight excluding hydrogens is 309 g/mol. The summed E-state index contributed by atoms with van der Waals surface area (Å²) >= 11 is 3.38. The minimum absolute atomic E-state index is 0.130. The normalized spacial score (nSPS) is 18.4. The standard InChI is InChI=1S/C15H19BrFNO/c1-2-14(19)18-9-7-15(17,8-10-18)11-12-3-5-13(16)6-4-12/h3-6H,2,7-11H2,1H3. The van der Waals surface area contributed by atoms with Crippen LogP contribution in [0.5, 0.6) is 0 Å². The lowest BCUT2D eigenvalue weighted by molar-refractivity contribution is -0.133. The van der Waals surface area contributed by atoms with Gasteiger partial charge in [-0.3, -0.25) is 4.79 Å². The third kappa shape index (κ3) is 3.78. The van der Waals surface area contributed by atoms with Crippen LogP contribution in [-0.4, -0.2) is 29.6 Å². The molecule has 2 rings (SSSR count). The molecule has 1 aliphatic rings. The lowest BCUT2D eigenvalue weighted by atomic mass is 9.87. The van der Waals surface area contributed by atoms with Gasteiger partial charge in [-0.1, -0.05) is 35.0 Å². The van der Waals surface area contributed by atoms with E-state index < -0.39 is 5.67 Å². The van der Waals surface area contributed by atoms with Crippen molar-refractivity contribution in [2.45, 2.75) is 38.3 Å². The highest BCUT2D eigenvalue weighted by atomic mass is 79.9. The summed E-state index contributed by atoms with van der Waals surface area (Å²) in [6.07, 6.45) is 1.82. The summed E-state index contributed by atoms with van der Waals surface area (Å²) < 4.78 is 15.8. The second-order valence-electron chi connectivity index (χ2n) is 5.19. The van der Waals surface area contributed by atoms with E-state index in [-0.39, 0.29) is 5.91 Å². The van der Waals surface area contributed by atoms with Gasteiger partial charge >= 0.3 is 0 Å². The first kappa shape index (κ1) is 14.5. The van der Waals surface area contributed by atoms with Gasteiger partial charge in [-0.15, -0.1) is 0 Å². The zero-order valence-corrected chi connectivity index (χ0v) is 12.7. The van der Waals surface area contributed by atoms with Crippen LogP contribution in [0.15, 0.2) is 28.7 Å². The number of halogens is 2. The van der Waals surface area contributed by atoms with Gasteiger partial charge in [0.05, 0.1) is 0 Å². The van der Waals surface area contributed by atoms with Crippen LogP contribution in [0, 0.1) is 0 Å². The summed E-state index contributed by atoms with van der Waals surface area (Å²) in [5.41, 5.74) is -0.154. The molecule has 2 nitrogen and oxygen atoms in total. The van der Waals surface area contributed by atoms with Gasteiger partial charge in [0.2, 0.25) is 5.91 Å². The Hall–Kier alpha value is -0.900. The van der Waals surface area contributed by atoms with Gasteiger partial charge in [0.25, 0.3) is 0 Å². The third-order valence-corrected chi connectivity index (χ3v) is 4.28. The largest absolute Gasteiger partial charge is 0.342 e. The molecule has 1 fully saturated rings. The molecule has 0 spiro atoms. The van der Waals surface area contributed by atoms with Gasteiger partial charge in [-0.05, 0) is 30.5 Å². The maximum atomic E-state index is 14.7. The van der Waals surface area contributed by atoms with E-state index in [2.05, 4.69) is 15.9 Å². The van der Waals surface area contributed by atoms with Gasteiger partial charge in [-0.2, -0.15) is 0 Å². The molecule has 0 aromatic heterocycles. The number of amides is 1. The maximum absolute atomic E-state index is 14.7. The van der Waals surface area contributed by atoms with Gasteiger partial charge in [0.1, 0.15) is 5.67 Å². The molecule has 19 heavy (non-hydrogen) atoms. The molecular formula is C15H19BrFNO. The number of hydrogen-bond donors (Lipinski definition) is 0. The van der Waals surface area contributed by atoms with E-state index >= 15 is 0 Å². The predicted molar refractivity (Wildman–Crippen MR) is 77.8 cm³/mol. The number of hydrogen-bond acceptors (Lipinski definition) is 1. The molecule has 1 aromatic rings. The van der Waals surface area contributed by atoms with Crippen LogP contribution in [0.2, 0.25) is 0 Å². The van der Waals surface area contributed by atoms with Crippen LogP contribution < -0.4 is 0 Å². The molecule has 1 amide bonds. The molecule has 0 bridgehead atoms. The summed E-state index contributed by atoms with van der Waals surface area (Å²) in [5, 5.41) is 0. The number of carbonyl (C=O) groups is 1. The Morgan fingerprint density at radius 3 is 2.42 bits per heavy atom. The Balaban J connectivity index is 1.94. The second kappa shape index (κ2) is 6.04. The molecule has 4 heteroatoms. The molecule has 0 atom stereocenters. The van der Waals surface area contributed by atoms with E-state index in [0.29, 0.717) is 38.8 Å². The fourth-order valence-electron chi connectivity index (χ4n) is 2.53. The van der Waals surface area contributed by atoms with Crippen molar-refractivity contribution in [3.8, 4) is 0 Å². The van der Waals surface area contributed by atoms with Crippen molar-refractivity contribution in [2.75, 3.05) is 13.1 Å². The van der Waals surface area contributed by atoms with Gasteiger partial charge in [0.15, 0.2) is 0 Å². The molecule has 0 saturated carbocycles. The molecule has 1 aromatic carbocycles. The van der Waals surface area contributed by atoms with Gasteiger partial charge in [-0.25, -0.2) is 4.39 Å². The highest BCUT2D eigenvalue weighted by Gasteiger charge is 2.35. The van der Waals surface area contributed by atoms with E-state index in [9.17, 15) is 9.18 Å². The Morgan fingerprint density at radius 2 is 1.89 bits per heavy atom. The zero-order valence-electron chi connectivity index (χ0n) is 11.2. The van der Waals surface area contributed by atoms with E-state index in [0.717, 1.165) is 10.0 Å². The Bertz CT molecular complexity index is 438. The number of nitrogens with zero attached hydrogens (tertiary/aromatic N) is 1. The summed E-state index contributed by atoms with van der Waals surface area (Å²) in [6.45, 7) is 2.93. The monoisotopic (exact) mass is 327 g/mol. The van der Waals surface area contributed by atoms with E-state index in [1.165, 1.54) is 0 Å². The number of likely N-dealkylation sites (tertiary alicyclic amines) is 1. The molecule has 104 valence electrons. The number of benzene rings is 1. The van der Waals surface area contributed by atoms with Gasteiger partial charge < -0.3 is 4.90 Å². The number of carbonyl (C=O) groups excluding carboxylic acids is 1.